The fraction of sp³-hybridized carbons (Fsp3) is 0.167. The zero-order chi connectivity index (χ0) is 24.3. The van der Waals surface area contributed by atoms with Crippen LogP contribution in [-0.2, 0) is 16.6 Å². The van der Waals surface area contributed by atoms with Gasteiger partial charge in [0, 0.05) is 15.6 Å². The number of benzene rings is 3. The van der Waals surface area contributed by atoms with E-state index in [9.17, 15) is 13.2 Å². The van der Waals surface area contributed by atoms with Crippen LogP contribution in [0, 0.1) is 6.92 Å². The van der Waals surface area contributed by atoms with Crippen LogP contribution in [0.15, 0.2) is 70.2 Å². The van der Waals surface area contributed by atoms with Crippen molar-refractivity contribution in [3.05, 3.63) is 87.4 Å². The lowest BCUT2D eigenvalue weighted by Crippen LogP contribution is -2.29. The van der Waals surface area contributed by atoms with E-state index in [4.69, 9.17) is 9.47 Å². The normalized spacial score (nSPS) is 12.7. The van der Waals surface area contributed by atoms with Gasteiger partial charge in [0.15, 0.2) is 11.5 Å². The van der Waals surface area contributed by atoms with E-state index in [0.29, 0.717) is 28.3 Å². The molecule has 10 heteroatoms. The summed E-state index contributed by atoms with van der Waals surface area (Å²) in [6, 6.07) is 17.5. The van der Waals surface area contributed by atoms with Gasteiger partial charge >= 0.3 is 0 Å². The summed E-state index contributed by atoms with van der Waals surface area (Å²) in [6.07, 6.45) is 2.65. The lowest BCUT2D eigenvalue weighted by atomic mass is 10.1. The maximum atomic E-state index is 12.5. The quantitative estimate of drug-likeness (QED) is 0.355. The molecule has 0 spiro atoms. The van der Waals surface area contributed by atoms with Crippen molar-refractivity contribution in [1.82, 2.24) is 5.43 Å². The molecule has 0 radical (unpaired) electrons. The standard InChI is InChI=1S/C24H22BrN3O5S/c1-16-3-5-17(6-4-16)14-28(34(2,30)31)20-9-7-18(8-10-20)24(29)27-26-13-19-11-22-23(12-21(19)25)33-15-32-22/h3-13H,14-15H2,1-2H3,(H,27,29)/b26-13-. The number of amides is 1. The fourth-order valence-electron chi connectivity index (χ4n) is 3.30. The Morgan fingerprint density at radius 2 is 1.74 bits per heavy atom. The number of aryl methyl sites for hydroxylation is 1. The minimum absolute atomic E-state index is 0.164. The van der Waals surface area contributed by atoms with Crippen LogP contribution in [0.2, 0.25) is 0 Å². The van der Waals surface area contributed by atoms with Gasteiger partial charge in [0.25, 0.3) is 5.91 Å². The molecule has 1 N–H and O–H groups in total. The largest absolute Gasteiger partial charge is 0.454 e. The van der Waals surface area contributed by atoms with Crippen molar-refractivity contribution in [3.63, 3.8) is 0 Å². The maximum absolute atomic E-state index is 12.5. The smallest absolute Gasteiger partial charge is 0.271 e. The molecule has 0 atom stereocenters. The van der Waals surface area contributed by atoms with E-state index in [1.54, 1.807) is 36.4 Å². The molecule has 34 heavy (non-hydrogen) atoms. The zero-order valence-corrected chi connectivity index (χ0v) is 20.9. The summed E-state index contributed by atoms with van der Waals surface area (Å²) in [5.41, 5.74) is 5.95. The minimum atomic E-state index is -3.53. The van der Waals surface area contributed by atoms with Gasteiger partial charge < -0.3 is 9.47 Å². The van der Waals surface area contributed by atoms with Crippen LogP contribution in [-0.4, -0.2) is 33.6 Å². The Balaban J connectivity index is 1.45. The summed E-state index contributed by atoms with van der Waals surface area (Å²) in [7, 11) is -3.53. The molecule has 1 amide bonds. The first kappa shape index (κ1) is 23.8. The molecule has 1 aliphatic heterocycles. The molecular weight excluding hydrogens is 522 g/mol. The van der Waals surface area contributed by atoms with E-state index in [1.807, 2.05) is 31.2 Å². The first-order valence-electron chi connectivity index (χ1n) is 10.3. The first-order valence-corrected chi connectivity index (χ1v) is 12.9. The number of hydrogen-bond donors (Lipinski definition) is 1. The van der Waals surface area contributed by atoms with Crippen LogP contribution in [0.3, 0.4) is 0 Å². The Labute approximate surface area is 206 Å². The Hall–Kier alpha value is -3.37. The Morgan fingerprint density at radius 1 is 1.09 bits per heavy atom. The van der Waals surface area contributed by atoms with Crippen LogP contribution in [0.4, 0.5) is 5.69 Å². The summed E-state index contributed by atoms with van der Waals surface area (Å²) in [5.74, 6) is 0.815. The number of ether oxygens (including phenoxy) is 2. The van der Waals surface area contributed by atoms with E-state index in [1.165, 1.54) is 10.5 Å². The number of anilines is 1. The van der Waals surface area contributed by atoms with Crippen molar-refractivity contribution in [2.45, 2.75) is 13.5 Å². The molecule has 0 saturated heterocycles. The highest BCUT2D eigenvalue weighted by Crippen LogP contribution is 2.36. The third-order valence-electron chi connectivity index (χ3n) is 5.13. The number of rotatable bonds is 7. The molecule has 0 saturated carbocycles. The average molecular weight is 544 g/mol. The van der Waals surface area contributed by atoms with Crippen LogP contribution in [0.1, 0.15) is 27.0 Å². The van der Waals surface area contributed by atoms with Crippen molar-refractivity contribution in [2.75, 3.05) is 17.4 Å². The number of fused-ring (bicyclic) bond motifs is 1. The van der Waals surface area contributed by atoms with Crippen LogP contribution >= 0.6 is 15.9 Å². The van der Waals surface area contributed by atoms with Crippen molar-refractivity contribution in [3.8, 4) is 11.5 Å². The molecule has 0 aromatic heterocycles. The monoisotopic (exact) mass is 543 g/mol. The molecule has 3 aromatic rings. The van der Waals surface area contributed by atoms with Gasteiger partial charge in [0.05, 0.1) is 24.7 Å². The molecule has 0 bridgehead atoms. The van der Waals surface area contributed by atoms with Gasteiger partial charge in [0.1, 0.15) is 0 Å². The fourth-order valence-corrected chi connectivity index (χ4v) is 4.61. The highest BCUT2D eigenvalue weighted by atomic mass is 79.9. The summed E-state index contributed by atoms with van der Waals surface area (Å²) in [5, 5.41) is 4.01. The lowest BCUT2D eigenvalue weighted by Gasteiger charge is -2.22. The van der Waals surface area contributed by atoms with Crippen molar-refractivity contribution in [1.29, 1.82) is 0 Å². The number of carbonyl (C=O) groups excluding carboxylic acids is 1. The van der Waals surface area contributed by atoms with Crippen LogP contribution < -0.4 is 19.2 Å². The SMILES string of the molecule is Cc1ccc(CN(c2ccc(C(=O)N/N=C\c3cc4c(cc3Br)OCO4)cc2)S(C)(=O)=O)cc1. The average Bonchev–Trinajstić information content (AvgIpc) is 3.25. The Morgan fingerprint density at radius 3 is 2.38 bits per heavy atom. The molecule has 8 nitrogen and oxygen atoms in total. The number of nitrogens with zero attached hydrogens (tertiary/aromatic N) is 2. The second-order valence-corrected chi connectivity index (χ2v) is 10.5. The number of carbonyl (C=O) groups is 1. The second-order valence-electron chi connectivity index (χ2n) is 7.73. The molecular formula is C24H22BrN3O5S. The third-order valence-corrected chi connectivity index (χ3v) is 6.95. The van der Waals surface area contributed by atoms with Gasteiger partial charge in [-0.05, 0) is 64.8 Å². The van der Waals surface area contributed by atoms with Crippen molar-refractivity contribution in [2.24, 2.45) is 5.10 Å². The Bertz CT molecular complexity index is 1340. The van der Waals surface area contributed by atoms with E-state index in [2.05, 4.69) is 26.5 Å². The summed E-state index contributed by atoms with van der Waals surface area (Å²) in [6.45, 7) is 2.33. The summed E-state index contributed by atoms with van der Waals surface area (Å²) >= 11 is 3.43. The van der Waals surface area contributed by atoms with Crippen LogP contribution in [0.5, 0.6) is 11.5 Å². The number of halogens is 1. The molecule has 0 unspecified atom stereocenters. The first-order chi connectivity index (χ1) is 16.2. The molecule has 0 aliphatic carbocycles. The van der Waals surface area contributed by atoms with Crippen LogP contribution in [0.25, 0.3) is 0 Å². The highest BCUT2D eigenvalue weighted by Gasteiger charge is 2.19. The summed E-state index contributed by atoms with van der Waals surface area (Å²) in [4.78, 5) is 12.5. The maximum Gasteiger partial charge on any atom is 0.271 e. The van der Waals surface area contributed by atoms with Gasteiger partial charge in [-0.3, -0.25) is 9.10 Å². The van der Waals surface area contributed by atoms with E-state index in [-0.39, 0.29) is 13.3 Å². The molecule has 0 fully saturated rings. The number of nitrogens with one attached hydrogen (secondary N) is 1. The Kier molecular flexibility index (Phi) is 6.90. The van der Waals surface area contributed by atoms with Gasteiger partial charge in [-0.15, -0.1) is 0 Å². The summed E-state index contributed by atoms with van der Waals surface area (Å²) < 4.78 is 37.5. The van der Waals surface area contributed by atoms with E-state index < -0.39 is 15.9 Å². The van der Waals surface area contributed by atoms with E-state index in [0.717, 1.165) is 21.9 Å². The predicted molar refractivity (Wildman–Crippen MR) is 134 cm³/mol. The highest BCUT2D eigenvalue weighted by molar-refractivity contribution is 9.10. The number of sulfonamides is 1. The van der Waals surface area contributed by atoms with Gasteiger partial charge in [-0.2, -0.15) is 5.10 Å². The number of hydrogen-bond acceptors (Lipinski definition) is 6. The molecule has 4 rings (SSSR count). The third kappa shape index (κ3) is 5.57. The van der Waals surface area contributed by atoms with Crippen molar-refractivity contribution < 1.29 is 22.7 Å². The van der Waals surface area contributed by atoms with Gasteiger partial charge in [0.2, 0.25) is 16.8 Å². The topological polar surface area (TPSA) is 97.3 Å². The van der Waals surface area contributed by atoms with E-state index >= 15 is 0 Å². The van der Waals surface area contributed by atoms with Gasteiger partial charge in [-0.25, -0.2) is 13.8 Å². The lowest BCUT2D eigenvalue weighted by molar-refractivity contribution is 0.0955. The van der Waals surface area contributed by atoms with Gasteiger partial charge in [-0.1, -0.05) is 29.8 Å². The predicted octanol–water partition coefficient (Wildman–Crippen LogP) is 4.22. The number of hydrazone groups is 1. The minimum Gasteiger partial charge on any atom is -0.454 e. The second kappa shape index (κ2) is 9.86. The molecule has 3 aromatic carbocycles. The molecule has 1 aliphatic rings. The zero-order valence-electron chi connectivity index (χ0n) is 18.5. The molecule has 1 heterocycles. The van der Waals surface area contributed by atoms with Crippen molar-refractivity contribution >= 4 is 43.8 Å². The molecule has 176 valence electrons.